The van der Waals surface area contributed by atoms with Crippen LogP contribution in [0, 0.1) is 0 Å². The number of carbonyl (C=O) groups excluding carboxylic acids is 2. The standard InChI is InChI=1S/C16H11Cl2N3O3S/c1-24-16(23)21-15-20-11-6-5-8(7-12(11)25-15)19-14(22)13-9(17)3-2-4-10(13)18/h2-7H,1H3,(H,19,22)(H,20,21,23). The molecule has 0 aliphatic carbocycles. The lowest BCUT2D eigenvalue weighted by Crippen LogP contribution is -2.13. The molecule has 1 aromatic heterocycles. The molecule has 0 saturated carbocycles. The van der Waals surface area contributed by atoms with Gasteiger partial charge in [-0.1, -0.05) is 40.6 Å². The number of nitrogens with one attached hydrogen (secondary N) is 2. The third kappa shape index (κ3) is 3.84. The second kappa shape index (κ2) is 7.26. The molecule has 2 N–H and O–H groups in total. The smallest absolute Gasteiger partial charge is 0.413 e. The summed E-state index contributed by atoms with van der Waals surface area (Å²) in [6, 6.07) is 10.0. The number of nitrogens with zero attached hydrogens (tertiary/aromatic N) is 1. The van der Waals surface area contributed by atoms with Gasteiger partial charge in [-0.15, -0.1) is 0 Å². The zero-order valence-corrected chi connectivity index (χ0v) is 15.1. The Hall–Kier alpha value is -2.35. The first-order valence-electron chi connectivity index (χ1n) is 6.99. The van der Waals surface area contributed by atoms with Crippen LogP contribution in [0.2, 0.25) is 10.0 Å². The minimum atomic E-state index is -0.596. The van der Waals surface area contributed by atoms with E-state index in [2.05, 4.69) is 20.4 Å². The van der Waals surface area contributed by atoms with Crippen LogP contribution in [0.1, 0.15) is 10.4 Å². The quantitative estimate of drug-likeness (QED) is 0.651. The maximum atomic E-state index is 12.4. The number of hydrogen-bond donors (Lipinski definition) is 2. The lowest BCUT2D eigenvalue weighted by molar-refractivity contribution is 0.102. The fourth-order valence-corrected chi connectivity index (χ4v) is 3.56. The number of methoxy groups -OCH3 is 1. The predicted molar refractivity (Wildman–Crippen MR) is 100 cm³/mol. The van der Waals surface area contributed by atoms with Crippen LogP contribution in [0.15, 0.2) is 36.4 Å². The third-order valence-electron chi connectivity index (χ3n) is 3.23. The van der Waals surface area contributed by atoms with Crippen LogP contribution in [0.4, 0.5) is 15.6 Å². The first-order valence-corrected chi connectivity index (χ1v) is 8.56. The Morgan fingerprint density at radius 1 is 1.12 bits per heavy atom. The molecule has 3 rings (SSSR count). The molecule has 0 atom stereocenters. The second-order valence-electron chi connectivity index (χ2n) is 4.87. The topological polar surface area (TPSA) is 80.3 Å². The summed E-state index contributed by atoms with van der Waals surface area (Å²) in [4.78, 5) is 27.9. The monoisotopic (exact) mass is 395 g/mol. The van der Waals surface area contributed by atoms with Gasteiger partial charge in [-0.05, 0) is 30.3 Å². The van der Waals surface area contributed by atoms with Crippen molar-refractivity contribution in [1.29, 1.82) is 0 Å². The van der Waals surface area contributed by atoms with Crippen molar-refractivity contribution in [2.75, 3.05) is 17.7 Å². The Labute approximate surface area is 156 Å². The highest BCUT2D eigenvalue weighted by atomic mass is 35.5. The van der Waals surface area contributed by atoms with Crippen molar-refractivity contribution < 1.29 is 14.3 Å². The molecule has 25 heavy (non-hydrogen) atoms. The van der Waals surface area contributed by atoms with E-state index in [0.29, 0.717) is 16.3 Å². The molecule has 0 radical (unpaired) electrons. The number of fused-ring (bicyclic) bond motifs is 1. The average Bonchev–Trinajstić information content (AvgIpc) is 2.96. The van der Waals surface area contributed by atoms with Crippen molar-refractivity contribution in [2.24, 2.45) is 0 Å². The molecule has 0 unspecified atom stereocenters. The number of halogens is 2. The summed E-state index contributed by atoms with van der Waals surface area (Å²) in [6.07, 6.45) is -0.596. The third-order valence-corrected chi connectivity index (χ3v) is 4.79. The molecule has 1 heterocycles. The van der Waals surface area contributed by atoms with E-state index in [1.54, 1.807) is 36.4 Å². The molecular weight excluding hydrogens is 385 g/mol. The first kappa shape index (κ1) is 17.5. The summed E-state index contributed by atoms with van der Waals surface area (Å²) in [7, 11) is 1.27. The lowest BCUT2D eigenvalue weighted by atomic mass is 10.2. The number of anilines is 2. The summed E-state index contributed by atoms with van der Waals surface area (Å²) in [5.41, 5.74) is 1.45. The zero-order valence-electron chi connectivity index (χ0n) is 12.8. The number of aromatic nitrogens is 1. The highest BCUT2D eigenvalue weighted by molar-refractivity contribution is 7.22. The van der Waals surface area contributed by atoms with Crippen LogP contribution in [-0.4, -0.2) is 24.1 Å². The molecule has 0 aliphatic rings. The summed E-state index contributed by atoms with van der Waals surface area (Å²) >= 11 is 13.3. The van der Waals surface area contributed by atoms with Gasteiger partial charge in [0.15, 0.2) is 5.13 Å². The van der Waals surface area contributed by atoms with E-state index in [1.165, 1.54) is 18.4 Å². The number of thiazole rings is 1. The van der Waals surface area contributed by atoms with Crippen molar-refractivity contribution in [3.63, 3.8) is 0 Å². The summed E-state index contributed by atoms with van der Waals surface area (Å²) in [5, 5.41) is 6.20. The van der Waals surface area contributed by atoms with E-state index in [1.807, 2.05) is 0 Å². The van der Waals surface area contributed by atoms with Gasteiger partial charge in [-0.3, -0.25) is 10.1 Å². The van der Waals surface area contributed by atoms with Crippen LogP contribution < -0.4 is 10.6 Å². The van der Waals surface area contributed by atoms with Crippen LogP contribution in [0.25, 0.3) is 10.2 Å². The van der Waals surface area contributed by atoms with Gasteiger partial charge < -0.3 is 10.1 Å². The van der Waals surface area contributed by atoms with Crippen molar-refractivity contribution in [2.45, 2.75) is 0 Å². The minimum Gasteiger partial charge on any atom is -0.453 e. The number of hydrogen-bond acceptors (Lipinski definition) is 5. The van der Waals surface area contributed by atoms with Gasteiger partial charge in [0.05, 0.1) is 32.9 Å². The van der Waals surface area contributed by atoms with Gasteiger partial charge >= 0.3 is 6.09 Å². The summed E-state index contributed by atoms with van der Waals surface area (Å²) in [5.74, 6) is -0.410. The number of rotatable bonds is 3. The molecule has 9 heteroatoms. The number of ether oxygens (including phenoxy) is 1. The largest absolute Gasteiger partial charge is 0.453 e. The molecule has 0 aliphatic heterocycles. The summed E-state index contributed by atoms with van der Waals surface area (Å²) < 4.78 is 5.32. The fraction of sp³-hybridized carbons (Fsp3) is 0.0625. The highest BCUT2D eigenvalue weighted by Crippen LogP contribution is 2.30. The van der Waals surface area contributed by atoms with Gasteiger partial charge in [-0.2, -0.15) is 0 Å². The van der Waals surface area contributed by atoms with Gasteiger partial charge in [0.25, 0.3) is 5.91 Å². The first-order chi connectivity index (χ1) is 12.0. The second-order valence-corrected chi connectivity index (χ2v) is 6.71. The Balaban J connectivity index is 1.84. The maximum Gasteiger partial charge on any atom is 0.413 e. The molecule has 128 valence electrons. The number of amides is 2. The molecule has 0 spiro atoms. The van der Waals surface area contributed by atoms with Crippen molar-refractivity contribution in [3.8, 4) is 0 Å². The molecule has 6 nitrogen and oxygen atoms in total. The predicted octanol–water partition coefficient (Wildman–Crippen LogP) is 5.03. The zero-order chi connectivity index (χ0) is 18.0. The molecular formula is C16H11Cl2N3O3S. The van der Waals surface area contributed by atoms with E-state index in [9.17, 15) is 9.59 Å². The molecule has 0 fully saturated rings. The van der Waals surface area contributed by atoms with E-state index in [0.717, 1.165) is 4.70 Å². The van der Waals surface area contributed by atoms with Crippen LogP contribution in [0.5, 0.6) is 0 Å². The normalized spacial score (nSPS) is 10.5. The van der Waals surface area contributed by atoms with Gasteiger partial charge in [0.2, 0.25) is 0 Å². The molecule has 2 amide bonds. The number of carbonyl (C=O) groups is 2. The van der Waals surface area contributed by atoms with Gasteiger partial charge in [0.1, 0.15) is 0 Å². The Morgan fingerprint density at radius 3 is 2.52 bits per heavy atom. The van der Waals surface area contributed by atoms with Crippen molar-refractivity contribution in [1.82, 2.24) is 4.98 Å². The van der Waals surface area contributed by atoms with E-state index < -0.39 is 12.0 Å². The average molecular weight is 396 g/mol. The van der Waals surface area contributed by atoms with E-state index in [4.69, 9.17) is 23.2 Å². The lowest BCUT2D eigenvalue weighted by Gasteiger charge is -2.08. The fourth-order valence-electron chi connectivity index (χ4n) is 2.10. The molecule has 0 bridgehead atoms. The van der Waals surface area contributed by atoms with Crippen LogP contribution >= 0.6 is 34.5 Å². The van der Waals surface area contributed by atoms with Crippen LogP contribution in [0.3, 0.4) is 0 Å². The van der Waals surface area contributed by atoms with Gasteiger partial charge in [0, 0.05) is 5.69 Å². The Kier molecular flexibility index (Phi) is 5.08. The van der Waals surface area contributed by atoms with Crippen molar-refractivity contribution >= 4 is 67.6 Å². The molecule has 0 saturated heterocycles. The van der Waals surface area contributed by atoms with Crippen molar-refractivity contribution in [3.05, 3.63) is 52.0 Å². The van der Waals surface area contributed by atoms with Gasteiger partial charge in [-0.25, -0.2) is 9.78 Å². The van der Waals surface area contributed by atoms with Crippen LogP contribution in [-0.2, 0) is 4.74 Å². The SMILES string of the molecule is COC(=O)Nc1nc2ccc(NC(=O)c3c(Cl)cccc3Cl)cc2s1. The van der Waals surface area contributed by atoms with E-state index in [-0.39, 0.29) is 15.6 Å². The summed E-state index contributed by atoms with van der Waals surface area (Å²) in [6.45, 7) is 0. The number of benzene rings is 2. The highest BCUT2D eigenvalue weighted by Gasteiger charge is 2.15. The Morgan fingerprint density at radius 2 is 1.84 bits per heavy atom. The molecule has 2 aromatic carbocycles. The minimum absolute atomic E-state index is 0.211. The molecule has 3 aromatic rings. The van der Waals surface area contributed by atoms with E-state index >= 15 is 0 Å². The Bertz CT molecular complexity index is 954. The maximum absolute atomic E-state index is 12.4.